The highest BCUT2D eigenvalue weighted by molar-refractivity contribution is 14.1. The first-order chi connectivity index (χ1) is 6.21. The first-order valence-corrected chi connectivity index (χ1v) is 6.29. The maximum Gasteiger partial charge on any atom is 0.350 e. The van der Waals surface area contributed by atoms with Crippen LogP contribution in [0.2, 0.25) is 0 Å². The van der Waals surface area contributed by atoms with Crippen molar-refractivity contribution in [3.05, 3.63) is 0 Å². The SMILES string of the molecule is CN(C)C(N(CI)C(C)(C)C)=[N+](C)C. The van der Waals surface area contributed by atoms with Gasteiger partial charge in [-0.2, -0.15) is 0 Å². The quantitative estimate of drug-likeness (QED) is 0.182. The molecule has 0 aromatic heterocycles. The molecule has 14 heavy (non-hydrogen) atoms. The third kappa shape index (κ3) is 3.63. The Labute approximate surface area is 102 Å². The molecular weight excluding hydrogens is 289 g/mol. The van der Waals surface area contributed by atoms with Crippen LogP contribution in [-0.4, -0.2) is 58.6 Å². The van der Waals surface area contributed by atoms with Crippen LogP contribution in [-0.2, 0) is 0 Å². The molecule has 0 bridgehead atoms. The summed E-state index contributed by atoms with van der Waals surface area (Å²) in [6, 6.07) is 0. The van der Waals surface area contributed by atoms with Crippen LogP contribution in [0.3, 0.4) is 0 Å². The highest BCUT2D eigenvalue weighted by Crippen LogP contribution is 2.16. The molecule has 0 N–H and O–H groups in total. The monoisotopic (exact) mass is 312 g/mol. The van der Waals surface area contributed by atoms with Crippen molar-refractivity contribution >= 4 is 28.6 Å². The average Bonchev–Trinajstić information content (AvgIpc) is 1.95. The van der Waals surface area contributed by atoms with Crippen molar-refractivity contribution in [1.82, 2.24) is 9.80 Å². The Kier molecular flexibility index (Phi) is 5.19. The highest BCUT2D eigenvalue weighted by Gasteiger charge is 2.32. The lowest BCUT2D eigenvalue weighted by Crippen LogP contribution is -2.53. The Hall–Kier alpha value is -0.0000000000000000555. The fourth-order valence-corrected chi connectivity index (χ4v) is 2.74. The summed E-state index contributed by atoms with van der Waals surface area (Å²) in [6.45, 7) is 6.70. The van der Waals surface area contributed by atoms with Crippen LogP contribution in [0.4, 0.5) is 0 Å². The third-order valence-electron chi connectivity index (χ3n) is 1.97. The van der Waals surface area contributed by atoms with Crippen molar-refractivity contribution in [2.24, 2.45) is 0 Å². The van der Waals surface area contributed by atoms with Crippen molar-refractivity contribution < 1.29 is 4.58 Å². The van der Waals surface area contributed by atoms with Crippen molar-refractivity contribution in [1.29, 1.82) is 0 Å². The van der Waals surface area contributed by atoms with Gasteiger partial charge in [0.25, 0.3) is 0 Å². The summed E-state index contributed by atoms with van der Waals surface area (Å²) in [6.07, 6.45) is 0. The Morgan fingerprint density at radius 3 is 1.71 bits per heavy atom. The van der Waals surface area contributed by atoms with E-state index in [9.17, 15) is 0 Å². The number of nitrogens with zero attached hydrogens (tertiary/aromatic N) is 3. The summed E-state index contributed by atoms with van der Waals surface area (Å²) in [7, 11) is 8.33. The van der Waals surface area contributed by atoms with E-state index in [1.807, 2.05) is 0 Å². The molecule has 0 saturated carbocycles. The van der Waals surface area contributed by atoms with Gasteiger partial charge >= 0.3 is 5.96 Å². The van der Waals surface area contributed by atoms with E-state index in [2.05, 4.69) is 85.9 Å². The molecule has 84 valence electrons. The normalized spacial score (nSPS) is 11.1. The summed E-state index contributed by atoms with van der Waals surface area (Å²) in [5.41, 5.74) is 0.158. The van der Waals surface area contributed by atoms with Gasteiger partial charge in [0.15, 0.2) is 0 Å². The Morgan fingerprint density at radius 1 is 1.21 bits per heavy atom. The van der Waals surface area contributed by atoms with E-state index in [-0.39, 0.29) is 5.54 Å². The lowest BCUT2D eigenvalue weighted by atomic mass is 10.1. The van der Waals surface area contributed by atoms with E-state index in [0.29, 0.717) is 0 Å². The predicted octanol–water partition coefficient (Wildman–Crippen LogP) is 1.67. The second-order valence-electron chi connectivity index (χ2n) is 4.81. The molecule has 0 amide bonds. The number of hydrogen-bond acceptors (Lipinski definition) is 0. The molecule has 4 heteroatoms. The molecule has 0 rings (SSSR count). The van der Waals surface area contributed by atoms with Crippen LogP contribution in [0.25, 0.3) is 0 Å². The molecule has 0 heterocycles. The maximum atomic E-state index is 2.41. The van der Waals surface area contributed by atoms with E-state index in [4.69, 9.17) is 0 Å². The fourth-order valence-electron chi connectivity index (χ4n) is 1.42. The Bertz CT molecular complexity index is 212. The van der Waals surface area contributed by atoms with Crippen LogP contribution in [0.1, 0.15) is 20.8 Å². The lowest BCUT2D eigenvalue weighted by molar-refractivity contribution is -0.476. The number of guanidine groups is 1. The van der Waals surface area contributed by atoms with Crippen LogP contribution in [0.5, 0.6) is 0 Å². The van der Waals surface area contributed by atoms with E-state index in [1.165, 1.54) is 5.96 Å². The molecule has 0 radical (unpaired) electrons. The molecule has 0 aromatic carbocycles. The van der Waals surface area contributed by atoms with Crippen molar-refractivity contribution in [2.45, 2.75) is 26.3 Å². The minimum Gasteiger partial charge on any atom is -0.270 e. The van der Waals surface area contributed by atoms with E-state index >= 15 is 0 Å². The largest absolute Gasteiger partial charge is 0.350 e. The summed E-state index contributed by atoms with van der Waals surface area (Å²) in [5.74, 6) is 1.24. The van der Waals surface area contributed by atoms with Crippen LogP contribution >= 0.6 is 22.6 Å². The fraction of sp³-hybridized carbons (Fsp3) is 0.900. The zero-order valence-corrected chi connectivity index (χ0v) is 12.6. The second-order valence-corrected chi connectivity index (χ2v) is 5.49. The van der Waals surface area contributed by atoms with Gasteiger partial charge in [0, 0.05) is 0 Å². The van der Waals surface area contributed by atoms with Gasteiger partial charge in [-0.3, -0.25) is 14.4 Å². The van der Waals surface area contributed by atoms with Gasteiger partial charge < -0.3 is 0 Å². The number of alkyl halides is 1. The molecule has 3 nitrogen and oxygen atoms in total. The molecular formula is C10H23IN3+. The van der Waals surface area contributed by atoms with Gasteiger partial charge in [0.1, 0.15) is 4.55 Å². The molecule has 0 atom stereocenters. The zero-order valence-electron chi connectivity index (χ0n) is 10.4. The van der Waals surface area contributed by atoms with Gasteiger partial charge in [-0.15, -0.1) is 0 Å². The van der Waals surface area contributed by atoms with Gasteiger partial charge in [-0.05, 0) is 43.4 Å². The molecule has 0 aliphatic carbocycles. The minimum absolute atomic E-state index is 0.158. The maximum absolute atomic E-state index is 2.41. The van der Waals surface area contributed by atoms with Crippen LogP contribution in [0, 0.1) is 0 Å². The number of halogens is 1. The average molecular weight is 312 g/mol. The Morgan fingerprint density at radius 2 is 1.64 bits per heavy atom. The zero-order chi connectivity index (χ0) is 11.5. The molecule has 0 spiro atoms. The summed E-state index contributed by atoms with van der Waals surface area (Å²) < 4.78 is 3.15. The molecule has 0 fully saturated rings. The molecule has 0 aliphatic heterocycles. The smallest absolute Gasteiger partial charge is 0.270 e. The minimum atomic E-state index is 0.158. The van der Waals surface area contributed by atoms with E-state index in [1.54, 1.807) is 0 Å². The molecule has 0 aliphatic rings. The van der Waals surface area contributed by atoms with Crippen LogP contribution in [0.15, 0.2) is 0 Å². The first-order valence-electron chi connectivity index (χ1n) is 4.77. The number of rotatable bonds is 1. The van der Waals surface area contributed by atoms with Crippen molar-refractivity contribution in [3.8, 4) is 0 Å². The summed E-state index contributed by atoms with van der Waals surface area (Å²) in [5, 5.41) is 0. The third-order valence-corrected chi connectivity index (χ3v) is 2.65. The Balaban J connectivity index is 5.10. The van der Waals surface area contributed by atoms with Crippen molar-refractivity contribution in [2.75, 3.05) is 32.7 Å². The first kappa shape index (κ1) is 14.0. The van der Waals surface area contributed by atoms with Crippen molar-refractivity contribution in [3.63, 3.8) is 0 Å². The van der Waals surface area contributed by atoms with E-state index in [0.717, 1.165) is 4.55 Å². The molecule has 0 unspecified atom stereocenters. The standard InChI is InChI=1S/C10H23IN3/c1-10(2,3)14(8-11)9(12(4)5)13(6)7/h8H2,1-7H3/q+1. The van der Waals surface area contributed by atoms with Gasteiger partial charge in [0.2, 0.25) is 0 Å². The molecule has 0 aromatic rings. The summed E-state index contributed by atoms with van der Waals surface area (Å²) in [4.78, 5) is 4.54. The lowest BCUT2D eigenvalue weighted by Gasteiger charge is -2.33. The summed E-state index contributed by atoms with van der Waals surface area (Å²) >= 11 is 2.41. The number of hydrogen-bond donors (Lipinski definition) is 0. The highest BCUT2D eigenvalue weighted by atomic mass is 127. The van der Waals surface area contributed by atoms with E-state index < -0.39 is 0 Å². The van der Waals surface area contributed by atoms with Gasteiger partial charge in [-0.1, -0.05) is 0 Å². The topological polar surface area (TPSA) is 9.49 Å². The predicted molar refractivity (Wildman–Crippen MR) is 71.3 cm³/mol. The van der Waals surface area contributed by atoms with Crippen LogP contribution < -0.4 is 0 Å². The van der Waals surface area contributed by atoms with Gasteiger partial charge in [-0.25, -0.2) is 0 Å². The molecule has 0 saturated heterocycles. The second kappa shape index (κ2) is 5.19. The van der Waals surface area contributed by atoms with Gasteiger partial charge in [0.05, 0.1) is 33.7 Å².